The fraction of sp³-hybridized carbons (Fsp3) is 0.333. The number of nitrogens with one attached hydrogen (secondary N) is 1. The minimum Gasteiger partial charge on any atom is -0.490 e. The minimum absolute atomic E-state index is 0.299. The standard InChI is InChI=1S/C24H27N3O4/c1-5-29-19-13-12-16(14-20(19)30-6-2)22-21(23(28)31-7-3)15(4)25-24-26-17-10-8-9-11-18(17)27(22)24/h8-14,22H,5-7H2,1-4H3,(H,25,26)/t22-/m0/s1. The fourth-order valence-corrected chi connectivity index (χ4v) is 3.99. The molecule has 7 heteroatoms. The number of benzene rings is 2. The van der Waals surface area contributed by atoms with Gasteiger partial charge in [0.25, 0.3) is 0 Å². The topological polar surface area (TPSA) is 74.6 Å². The Labute approximate surface area is 181 Å². The van der Waals surface area contributed by atoms with Gasteiger partial charge in [-0.25, -0.2) is 9.78 Å². The number of allylic oxidation sites excluding steroid dienone is 1. The Hall–Kier alpha value is -3.48. The van der Waals surface area contributed by atoms with Gasteiger partial charge in [-0.3, -0.25) is 4.57 Å². The lowest BCUT2D eigenvalue weighted by atomic mass is 9.94. The Morgan fingerprint density at radius 2 is 1.77 bits per heavy atom. The molecule has 7 nitrogen and oxygen atoms in total. The van der Waals surface area contributed by atoms with Crippen molar-refractivity contribution in [2.45, 2.75) is 33.7 Å². The average Bonchev–Trinajstić information content (AvgIpc) is 3.12. The number of fused-ring (bicyclic) bond motifs is 3. The molecule has 0 saturated heterocycles. The van der Waals surface area contributed by atoms with E-state index >= 15 is 0 Å². The van der Waals surface area contributed by atoms with E-state index in [9.17, 15) is 4.79 Å². The third-order valence-corrected chi connectivity index (χ3v) is 5.21. The summed E-state index contributed by atoms with van der Waals surface area (Å²) in [6, 6.07) is 13.3. The van der Waals surface area contributed by atoms with Gasteiger partial charge in [0.2, 0.25) is 5.95 Å². The number of esters is 1. The lowest BCUT2D eigenvalue weighted by Gasteiger charge is -2.30. The molecule has 2 heterocycles. The lowest BCUT2D eigenvalue weighted by Crippen LogP contribution is -2.29. The van der Waals surface area contributed by atoms with Crippen molar-refractivity contribution in [3.63, 3.8) is 0 Å². The molecule has 1 aliphatic rings. The number of para-hydroxylation sites is 2. The van der Waals surface area contributed by atoms with Gasteiger partial charge in [0.1, 0.15) is 0 Å². The van der Waals surface area contributed by atoms with Crippen LogP contribution in [0.2, 0.25) is 0 Å². The van der Waals surface area contributed by atoms with Crippen molar-refractivity contribution in [2.24, 2.45) is 0 Å². The molecule has 2 aromatic carbocycles. The van der Waals surface area contributed by atoms with Crippen LogP contribution in [0.1, 0.15) is 39.3 Å². The monoisotopic (exact) mass is 421 g/mol. The number of imidazole rings is 1. The van der Waals surface area contributed by atoms with Gasteiger partial charge < -0.3 is 19.5 Å². The highest BCUT2D eigenvalue weighted by Crippen LogP contribution is 2.41. The van der Waals surface area contributed by atoms with E-state index in [1.807, 2.05) is 67.8 Å². The minimum atomic E-state index is -0.419. The van der Waals surface area contributed by atoms with E-state index in [4.69, 9.17) is 19.2 Å². The summed E-state index contributed by atoms with van der Waals surface area (Å²) in [5.74, 6) is 1.65. The molecule has 0 unspecified atom stereocenters. The third kappa shape index (κ3) is 3.71. The first-order valence-corrected chi connectivity index (χ1v) is 10.6. The van der Waals surface area contributed by atoms with Crippen molar-refractivity contribution >= 4 is 23.0 Å². The second-order valence-corrected chi connectivity index (χ2v) is 7.15. The van der Waals surface area contributed by atoms with Crippen LogP contribution in [0.5, 0.6) is 11.5 Å². The summed E-state index contributed by atoms with van der Waals surface area (Å²) in [5.41, 5.74) is 3.93. The van der Waals surface area contributed by atoms with Crippen LogP contribution in [0.15, 0.2) is 53.7 Å². The van der Waals surface area contributed by atoms with Crippen LogP contribution in [-0.2, 0) is 9.53 Å². The molecule has 0 radical (unpaired) electrons. The molecule has 0 spiro atoms. The van der Waals surface area contributed by atoms with Crippen LogP contribution in [-0.4, -0.2) is 35.3 Å². The summed E-state index contributed by atoms with van der Waals surface area (Å²) >= 11 is 0. The van der Waals surface area contributed by atoms with E-state index in [0.717, 1.165) is 22.3 Å². The second-order valence-electron chi connectivity index (χ2n) is 7.15. The molecule has 0 bridgehead atoms. The van der Waals surface area contributed by atoms with E-state index < -0.39 is 6.04 Å². The Bertz CT molecular complexity index is 1150. The van der Waals surface area contributed by atoms with E-state index in [1.54, 1.807) is 6.92 Å². The van der Waals surface area contributed by atoms with Crippen LogP contribution in [0.25, 0.3) is 11.0 Å². The van der Waals surface area contributed by atoms with Crippen molar-refractivity contribution in [2.75, 3.05) is 25.1 Å². The van der Waals surface area contributed by atoms with Crippen LogP contribution < -0.4 is 14.8 Å². The summed E-state index contributed by atoms with van der Waals surface area (Å²) < 4.78 is 19.0. The van der Waals surface area contributed by atoms with Gasteiger partial charge in [0.15, 0.2) is 11.5 Å². The number of ether oxygens (including phenoxy) is 3. The SMILES string of the molecule is CCOC(=O)C1=C(C)Nc2nc3ccccc3n2[C@H]1c1ccc(OCC)c(OCC)c1. The van der Waals surface area contributed by atoms with Crippen molar-refractivity contribution in [3.8, 4) is 11.5 Å². The van der Waals surface area contributed by atoms with Crippen molar-refractivity contribution in [1.29, 1.82) is 0 Å². The predicted octanol–water partition coefficient (Wildman–Crippen LogP) is 4.69. The number of hydrogen-bond acceptors (Lipinski definition) is 6. The van der Waals surface area contributed by atoms with E-state index in [2.05, 4.69) is 5.32 Å². The van der Waals surface area contributed by atoms with Gasteiger partial charge in [0, 0.05) is 5.70 Å². The zero-order valence-electron chi connectivity index (χ0n) is 18.3. The molecule has 1 aliphatic heterocycles. The molecule has 0 aliphatic carbocycles. The highest BCUT2D eigenvalue weighted by Gasteiger charge is 2.35. The van der Waals surface area contributed by atoms with Crippen LogP contribution in [0.3, 0.4) is 0 Å². The van der Waals surface area contributed by atoms with E-state index in [0.29, 0.717) is 42.8 Å². The maximum absolute atomic E-state index is 13.0. The summed E-state index contributed by atoms with van der Waals surface area (Å²) in [5, 5.41) is 3.28. The van der Waals surface area contributed by atoms with Gasteiger partial charge in [0.05, 0.1) is 42.5 Å². The van der Waals surface area contributed by atoms with Crippen LogP contribution in [0, 0.1) is 0 Å². The normalized spacial score (nSPS) is 15.4. The van der Waals surface area contributed by atoms with Crippen LogP contribution in [0.4, 0.5) is 5.95 Å². The number of anilines is 1. The van der Waals surface area contributed by atoms with E-state index in [1.165, 1.54) is 0 Å². The number of aromatic nitrogens is 2. The van der Waals surface area contributed by atoms with Gasteiger partial charge in [-0.05, 0) is 57.5 Å². The predicted molar refractivity (Wildman–Crippen MR) is 120 cm³/mol. The molecule has 162 valence electrons. The number of carbonyl (C=O) groups excluding carboxylic acids is 1. The highest BCUT2D eigenvalue weighted by molar-refractivity contribution is 5.94. The maximum atomic E-state index is 13.0. The Morgan fingerprint density at radius 1 is 1.03 bits per heavy atom. The third-order valence-electron chi connectivity index (χ3n) is 5.21. The number of hydrogen-bond donors (Lipinski definition) is 1. The molecule has 4 rings (SSSR count). The molecule has 1 atom stereocenters. The summed E-state index contributed by atoms with van der Waals surface area (Å²) in [6.07, 6.45) is 0. The fourth-order valence-electron chi connectivity index (χ4n) is 3.99. The van der Waals surface area contributed by atoms with Crippen molar-refractivity contribution in [3.05, 3.63) is 59.3 Å². The smallest absolute Gasteiger partial charge is 0.338 e. The lowest BCUT2D eigenvalue weighted by molar-refractivity contribution is -0.139. The largest absolute Gasteiger partial charge is 0.490 e. The molecule has 3 aromatic rings. The van der Waals surface area contributed by atoms with E-state index in [-0.39, 0.29) is 5.97 Å². The average molecular weight is 421 g/mol. The van der Waals surface area contributed by atoms with Gasteiger partial charge in [-0.2, -0.15) is 0 Å². The molecular weight excluding hydrogens is 394 g/mol. The molecule has 0 saturated carbocycles. The zero-order valence-corrected chi connectivity index (χ0v) is 18.3. The zero-order chi connectivity index (χ0) is 22.0. The first-order chi connectivity index (χ1) is 15.1. The van der Waals surface area contributed by atoms with Crippen LogP contribution >= 0.6 is 0 Å². The molecule has 0 amide bonds. The first kappa shape index (κ1) is 20.8. The number of nitrogens with zero attached hydrogens (tertiary/aromatic N) is 2. The summed E-state index contributed by atoms with van der Waals surface area (Å²) in [4.78, 5) is 17.8. The molecule has 31 heavy (non-hydrogen) atoms. The van der Waals surface area contributed by atoms with Gasteiger partial charge >= 0.3 is 5.97 Å². The molecule has 1 N–H and O–H groups in total. The summed E-state index contributed by atoms with van der Waals surface area (Å²) in [7, 11) is 0. The maximum Gasteiger partial charge on any atom is 0.338 e. The van der Waals surface area contributed by atoms with Gasteiger partial charge in [-0.1, -0.05) is 18.2 Å². The van der Waals surface area contributed by atoms with Crippen molar-refractivity contribution in [1.82, 2.24) is 9.55 Å². The Kier molecular flexibility index (Phi) is 5.84. The first-order valence-electron chi connectivity index (χ1n) is 10.6. The number of rotatable bonds is 7. The Balaban J connectivity index is 1.94. The second kappa shape index (κ2) is 8.71. The van der Waals surface area contributed by atoms with Crippen molar-refractivity contribution < 1.29 is 19.0 Å². The molecule has 0 fully saturated rings. The molecular formula is C24H27N3O4. The quantitative estimate of drug-likeness (QED) is 0.558. The highest BCUT2D eigenvalue weighted by atomic mass is 16.5. The number of carbonyl (C=O) groups is 1. The van der Waals surface area contributed by atoms with Gasteiger partial charge in [-0.15, -0.1) is 0 Å². The summed E-state index contributed by atoms with van der Waals surface area (Å²) in [6.45, 7) is 8.90. The Morgan fingerprint density at radius 3 is 2.52 bits per heavy atom. The molecule has 1 aromatic heterocycles.